The third-order valence-electron chi connectivity index (χ3n) is 4.61. The summed E-state index contributed by atoms with van der Waals surface area (Å²) in [6, 6.07) is 16.4. The molecule has 0 atom stereocenters. The molecule has 0 aliphatic heterocycles. The van der Waals surface area contributed by atoms with Crippen LogP contribution in [0.25, 0.3) is 0 Å². The van der Waals surface area contributed by atoms with Gasteiger partial charge < -0.3 is 4.98 Å². The molecule has 0 saturated heterocycles. The van der Waals surface area contributed by atoms with Gasteiger partial charge in [0.1, 0.15) is 5.82 Å². The van der Waals surface area contributed by atoms with Crippen LogP contribution in [-0.4, -0.2) is 9.97 Å². The van der Waals surface area contributed by atoms with Gasteiger partial charge in [0.2, 0.25) is 0 Å². The van der Waals surface area contributed by atoms with E-state index in [9.17, 15) is 0 Å². The normalized spacial score (nSPS) is 11.0. The Hall–Kier alpha value is -1.77. The van der Waals surface area contributed by atoms with E-state index in [-0.39, 0.29) is 0 Å². The monoisotopic (exact) mass is 386 g/mol. The molecule has 0 spiro atoms. The highest BCUT2D eigenvalue weighted by Crippen LogP contribution is 2.24. The van der Waals surface area contributed by atoms with Gasteiger partial charge in [-0.25, -0.2) is 4.98 Å². The Morgan fingerprint density at radius 2 is 1.62 bits per heavy atom. The number of H-pyrrole nitrogens is 1. The summed E-state index contributed by atoms with van der Waals surface area (Å²) in [5, 5.41) is 1.18. The number of halogens is 2. The molecular formula is C22H24Cl2N2. The topological polar surface area (TPSA) is 28.7 Å². The van der Waals surface area contributed by atoms with Crippen LogP contribution < -0.4 is 0 Å². The minimum atomic E-state index is 0.588. The van der Waals surface area contributed by atoms with E-state index in [1.54, 1.807) is 0 Å². The first kappa shape index (κ1) is 19.0. The van der Waals surface area contributed by atoms with Crippen LogP contribution in [0.15, 0.2) is 48.5 Å². The van der Waals surface area contributed by atoms with Gasteiger partial charge in [0.25, 0.3) is 0 Å². The van der Waals surface area contributed by atoms with Crippen LogP contribution in [0.5, 0.6) is 0 Å². The molecule has 0 amide bonds. The first-order valence-electron chi connectivity index (χ1n) is 9.14. The largest absolute Gasteiger partial charge is 0.346 e. The van der Waals surface area contributed by atoms with Crippen molar-refractivity contribution in [1.29, 1.82) is 0 Å². The van der Waals surface area contributed by atoms with Gasteiger partial charge in [0.05, 0.1) is 15.7 Å². The average Bonchev–Trinajstić information content (AvgIpc) is 2.98. The second kappa shape index (κ2) is 9.25. The molecule has 26 heavy (non-hydrogen) atoms. The SMILES string of the molecule is Cc1[nH]c(CCCCCc2ccccc2)nc1Cc1ccc(Cl)c(Cl)c1. The summed E-state index contributed by atoms with van der Waals surface area (Å²) in [4.78, 5) is 8.21. The Kier molecular flexibility index (Phi) is 6.76. The number of nitrogens with one attached hydrogen (secondary N) is 1. The number of imidazole rings is 1. The van der Waals surface area contributed by atoms with E-state index in [0.29, 0.717) is 10.0 Å². The van der Waals surface area contributed by atoms with Crippen molar-refractivity contribution in [3.05, 3.63) is 86.9 Å². The Labute approximate surface area is 165 Å². The van der Waals surface area contributed by atoms with E-state index in [1.807, 2.05) is 18.2 Å². The van der Waals surface area contributed by atoms with Gasteiger partial charge in [-0.15, -0.1) is 0 Å². The molecule has 1 N–H and O–H groups in total. The molecule has 1 aromatic heterocycles. The van der Waals surface area contributed by atoms with Crippen molar-refractivity contribution in [2.24, 2.45) is 0 Å². The molecule has 0 radical (unpaired) electrons. The number of nitrogens with zero attached hydrogens (tertiary/aromatic N) is 1. The zero-order valence-corrected chi connectivity index (χ0v) is 16.6. The van der Waals surface area contributed by atoms with Crippen molar-refractivity contribution in [1.82, 2.24) is 9.97 Å². The number of aromatic amines is 1. The van der Waals surface area contributed by atoms with Crippen molar-refractivity contribution in [2.45, 2.75) is 45.4 Å². The summed E-state index contributed by atoms with van der Waals surface area (Å²) in [5.74, 6) is 1.08. The van der Waals surface area contributed by atoms with Crippen LogP contribution in [0.2, 0.25) is 10.0 Å². The highest BCUT2D eigenvalue weighted by molar-refractivity contribution is 6.42. The number of hydrogen-bond donors (Lipinski definition) is 1. The molecule has 136 valence electrons. The molecule has 0 fully saturated rings. The van der Waals surface area contributed by atoms with Gasteiger partial charge >= 0.3 is 0 Å². The lowest BCUT2D eigenvalue weighted by Gasteiger charge is -2.02. The predicted octanol–water partition coefficient (Wildman–Crippen LogP) is 6.57. The Morgan fingerprint density at radius 1 is 0.846 bits per heavy atom. The molecule has 0 aliphatic carbocycles. The summed E-state index contributed by atoms with van der Waals surface area (Å²) in [7, 11) is 0. The smallest absolute Gasteiger partial charge is 0.106 e. The molecule has 0 saturated carbocycles. The van der Waals surface area contributed by atoms with Crippen LogP contribution in [0.1, 0.15) is 47.6 Å². The second-order valence-corrected chi connectivity index (χ2v) is 7.54. The number of aromatic nitrogens is 2. The van der Waals surface area contributed by atoms with Gasteiger partial charge in [0, 0.05) is 18.5 Å². The zero-order valence-electron chi connectivity index (χ0n) is 15.1. The molecule has 2 aromatic carbocycles. The maximum atomic E-state index is 6.11. The van der Waals surface area contributed by atoms with E-state index in [1.165, 1.54) is 18.4 Å². The van der Waals surface area contributed by atoms with E-state index >= 15 is 0 Å². The van der Waals surface area contributed by atoms with Crippen LogP contribution in [0, 0.1) is 6.92 Å². The van der Waals surface area contributed by atoms with Gasteiger partial charge in [0.15, 0.2) is 0 Å². The number of rotatable bonds is 8. The number of aryl methyl sites for hydroxylation is 3. The summed E-state index contributed by atoms with van der Waals surface area (Å²) < 4.78 is 0. The summed E-state index contributed by atoms with van der Waals surface area (Å²) in [6.45, 7) is 2.08. The lowest BCUT2D eigenvalue weighted by molar-refractivity contribution is 0.664. The summed E-state index contributed by atoms with van der Waals surface area (Å²) in [5.41, 5.74) is 4.77. The fraction of sp³-hybridized carbons (Fsp3) is 0.318. The average molecular weight is 387 g/mol. The third-order valence-corrected chi connectivity index (χ3v) is 5.35. The van der Waals surface area contributed by atoms with Gasteiger partial charge in [-0.05, 0) is 49.4 Å². The minimum absolute atomic E-state index is 0.588. The predicted molar refractivity (Wildman–Crippen MR) is 110 cm³/mol. The maximum absolute atomic E-state index is 6.11. The van der Waals surface area contributed by atoms with Crippen LogP contribution >= 0.6 is 23.2 Å². The highest BCUT2D eigenvalue weighted by atomic mass is 35.5. The van der Waals surface area contributed by atoms with Crippen molar-refractivity contribution < 1.29 is 0 Å². The first-order chi connectivity index (χ1) is 12.6. The summed E-state index contributed by atoms with van der Waals surface area (Å²) in [6.07, 6.45) is 6.52. The molecule has 3 rings (SSSR count). The lowest BCUT2D eigenvalue weighted by Crippen LogP contribution is -1.93. The lowest BCUT2D eigenvalue weighted by atomic mass is 10.1. The van der Waals surface area contributed by atoms with Crippen LogP contribution in [0.4, 0.5) is 0 Å². The van der Waals surface area contributed by atoms with E-state index < -0.39 is 0 Å². The molecule has 0 unspecified atom stereocenters. The molecule has 3 aromatic rings. The third kappa shape index (κ3) is 5.36. The Balaban J connectivity index is 1.47. The first-order valence-corrected chi connectivity index (χ1v) is 9.89. The maximum Gasteiger partial charge on any atom is 0.106 e. The van der Waals surface area contributed by atoms with Crippen molar-refractivity contribution in [3.63, 3.8) is 0 Å². The quantitative estimate of drug-likeness (QED) is 0.435. The standard InChI is InChI=1S/C22H24Cl2N2/c1-16-21(15-18-12-13-19(23)20(24)14-18)26-22(25-16)11-7-3-6-10-17-8-4-2-5-9-17/h2,4-5,8-9,12-14H,3,6-7,10-11,15H2,1H3,(H,25,26). The summed E-state index contributed by atoms with van der Waals surface area (Å²) >= 11 is 12.1. The molecule has 1 heterocycles. The number of hydrogen-bond acceptors (Lipinski definition) is 1. The molecule has 0 aliphatic rings. The zero-order chi connectivity index (χ0) is 18.4. The van der Waals surface area contributed by atoms with Crippen molar-refractivity contribution in [3.8, 4) is 0 Å². The van der Waals surface area contributed by atoms with Gasteiger partial charge in [-0.3, -0.25) is 0 Å². The fourth-order valence-electron chi connectivity index (χ4n) is 3.14. The van der Waals surface area contributed by atoms with E-state index in [0.717, 1.165) is 48.5 Å². The van der Waals surface area contributed by atoms with E-state index in [2.05, 4.69) is 42.2 Å². The second-order valence-electron chi connectivity index (χ2n) is 6.73. The van der Waals surface area contributed by atoms with Gasteiger partial charge in [-0.2, -0.15) is 0 Å². The van der Waals surface area contributed by atoms with Gasteiger partial charge in [-0.1, -0.05) is 66.0 Å². The van der Waals surface area contributed by atoms with Crippen LogP contribution in [0.3, 0.4) is 0 Å². The molecular weight excluding hydrogens is 363 g/mol. The highest BCUT2D eigenvalue weighted by Gasteiger charge is 2.09. The minimum Gasteiger partial charge on any atom is -0.346 e. The fourth-order valence-corrected chi connectivity index (χ4v) is 3.46. The van der Waals surface area contributed by atoms with E-state index in [4.69, 9.17) is 28.2 Å². The number of unbranched alkanes of at least 4 members (excludes halogenated alkanes) is 2. The van der Waals surface area contributed by atoms with Crippen molar-refractivity contribution in [2.75, 3.05) is 0 Å². The molecule has 2 nitrogen and oxygen atoms in total. The molecule has 0 bridgehead atoms. The van der Waals surface area contributed by atoms with Crippen LogP contribution in [-0.2, 0) is 19.3 Å². The number of benzene rings is 2. The Morgan fingerprint density at radius 3 is 2.38 bits per heavy atom. The molecule has 4 heteroatoms. The van der Waals surface area contributed by atoms with Crippen molar-refractivity contribution >= 4 is 23.2 Å². The Bertz CT molecular complexity index is 841.